The van der Waals surface area contributed by atoms with Crippen molar-refractivity contribution in [3.8, 4) is 5.75 Å². The summed E-state index contributed by atoms with van der Waals surface area (Å²) in [6.07, 6.45) is 1.34. The number of urea groups is 1. The molecule has 0 fully saturated rings. The van der Waals surface area contributed by atoms with Crippen LogP contribution in [-0.4, -0.2) is 17.4 Å². The van der Waals surface area contributed by atoms with E-state index in [2.05, 4.69) is 33.1 Å². The summed E-state index contributed by atoms with van der Waals surface area (Å²) in [6.45, 7) is 1.79. The van der Waals surface area contributed by atoms with Crippen LogP contribution >= 0.6 is 22.6 Å². The zero-order valence-corrected chi connectivity index (χ0v) is 10.1. The van der Waals surface area contributed by atoms with E-state index >= 15 is 0 Å². The van der Waals surface area contributed by atoms with Crippen LogP contribution in [0.3, 0.4) is 0 Å². The second-order valence-corrected chi connectivity index (χ2v) is 4.14. The Hall–Kier alpha value is -1.31. The number of hydrazone groups is 1. The number of nitrogens with two attached hydrogens (primary N) is 1. The lowest BCUT2D eigenvalue weighted by atomic mass is 10.1. The smallest absolute Gasteiger partial charge is 0.332 e. The highest BCUT2D eigenvalue weighted by atomic mass is 127. The van der Waals surface area contributed by atoms with Gasteiger partial charge in [0.15, 0.2) is 0 Å². The Labute approximate surface area is 100 Å². The van der Waals surface area contributed by atoms with Gasteiger partial charge in [-0.05, 0) is 47.2 Å². The number of carbonyl (C=O) groups is 1. The fraction of sp³-hybridized carbons (Fsp3) is 0.111. The van der Waals surface area contributed by atoms with Gasteiger partial charge < -0.3 is 10.8 Å². The molecule has 2 amide bonds. The van der Waals surface area contributed by atoms with Crippen LogP contribution in [0.1, 0.15) is 11.1 Å². The third kappa shape index (κ3) is 3.39. The molecule has 0 aliphatic rings. The summed E-state index contributed by atoms with van der Waals surface area (Å²) in [5.41, 5.74) is 8.17. The van der Waals surface area contributed by atoms with Crippen molar-refractivity contribution in [3.63, 3.8) is 0 Å². The Morgan fingerprint density at radius 2 is 2.33 bits per heavy atom. The molecule has 1 aromatic rings. The van der Waals surface area contributed by atoms with Crippen LogP contribution in [0.25, 0.3) is 0 Å². The van der Waals surface area contributed by atoms with Crippen LogP contribution in [0.2, 0.25) is 0 Å². The maximum absolute atomic E-state index is 10.3. The fourth-order valence-corrected chi connectivity index (χ4v) is 1.83. The first-order valence-electron chi connectivity index (χ1n) is 4.08. The average Bonchev–Trinajstić information content (AvgIpc) is 2.12. The lowest BCUT2D eigenvalue weighted by molar-refractivity contribution is 0.249. The zero-order valence-electron chi connectivity index (χ0n) is 7.99. The van der Waals surface area contributed by atoms with Crippen molar-refractivity contribution in [2.45, 2.75) is 6.92 Å². The fourth-order valence-electron chi connectivity index (χ4n) is 1.03. The maximum atomic E-state index is 10.3. The van der Waals surface area contributed by atoms with Gasteiger partial charge in [-0.15, -0.1) is 0 Å². The van der Waals surface area contributed by atoms with E-state index in [0.717, 1.165) is 9.13 Å². The second-order valence-electron chi connectivity index (χ2n) is 2.89. The van der Waals surface area contributed by atoms with Crippen molar-refractivity contribution < 1.29 is 9.90 Å². The molecule has 0 bridgehead atoms. The minimum Gasteiger partial charge on any atom is -0.507 e. The molecule has 1 rings (SSSR count). The molecule has 0 atom stereocenters. The predicted octanol–water partition coefficient (Wildman–Crippen LogP) is 1.31. The summed E-state index contributed by atoms with van der Waals surface area (Å²) in [7, 11) is 0. The molecule has 0 saturated carbocycles. The number of nitrogens with zero attached hydrogens (tertiary/aromatic N) is 1. The van der Waals surface area contributed by atoms with Crippen molar-refractivity contribution in [2.24, 2.45) is 10.8 Å². The minimum atomic E-state index is -0.743. The molecule has 1 aromatic carbocycles. The van der Waals surface area contributed by atoms with E-state index in [1.807, 2.05) is 6.07 Å². The monoisotopic (exact) mass is 319 g/mol. The number of primary amides is 1. The molecule has 0 aromatic heterocycles. The Morgan fingerprint density at radius 3 is 2.93 bits per heavy atom. The van der Waals surface area contributed by atoms with Crippen LogP contribution in [-0.2, 0) is 0 Å². The van der Waals surface area contributed by atoms with Crippen molar-refractivity contribution >= 4 is 34.8 Å². The first-order chi connectivity index (χ1) is 7.00. The van der Waals surface area contributed by atoms with E-state index in [1.54, 1.807) is 13.0 Å². The molecule has 0 aliphatic heterocycles. The highest BCUT2D eigenvalue weighted by Crippen LogP contribution is 2.23. The van der Waals surface area contributed by atoms with E-state index in [9.17, 15) is 9.90 Å². The van der Waals surface area contributed by atoms with Crippen LogP contribution in [0, 0.1) is 10.5 Å². The number of phenolic OH excluding ortho intramolecular Hbond substituents is 1. The SMILES string of the molecule is Cc1cc(I)cc(C=NNC(N)=O)c1O. The average molecular weight is 319 g/mol. The number of benzene rings is 1. The normalized spacial score (nSPS) is 10.5. The van der Waals surface area contributed by atoms with Gasteiger partial charge in [0.25, 0.3) is 0 Å². The Morgan fingerprint density at radius 1 is 1.67 bits per heavy atom. The van der Waals surface area contributed by atoms with Crippen molar-refractivity contribution in [3.05, 3.63) is 26.8 Å². The zero-order chi connectivity index (χ0) is 11.4. The first kappa shape index (κ1) is 11.8. The second kappa shape index (κ2) is 4.96. The van der Waals surface area contributed by atoms with Gasteiger partial charge in [0.2, 0.25) is 0 Å². The van der Waals surface area contributed by atoms with E-state index in [0.29, 0.717) is 5.56 Å². The van der Waals surface area contributed by atoms with Gasteiger partial charge in [0.05, 0.1) is 6.21 Å². The van der Waals surface area contributed by atoms with Gasteiger partial charge in [-0.2, -0.15) is 5.10 Å². The maximum Gasteiger partial charge on any atom is 0.332 e. The molecule has 15 heavy (non-hydrogen) atoms. The van der Waals surface area contributed by atoms with E-state index in [-0.39, 0.29) is 5.75 Å². The molecule has 0 unspecified atom stereocenters. The largest absolute Gasteiger partial charge is 0.507 e. The number of nitrogens with one attached hydrogen (secondary N) is 1. The molecule has 6 heteroatoms. The summed E-state index contributed by atoms with van der Waals surface area (Å²) in [6, 6.07) is 2.84. The summed E-state index contributed by atoms with van der Waals surface area (Å²) in [5, 5.41) is 13.2. The van der Waals surface area contributed by atoms with E-state index in [4.69, 9.17) is 5.73 Å². The first-order valence-corrected chi connectivity index (χ1v) is 5.16. The quantitative estimate of drug-likeness (QED) is 0.436. The molecule has 0 saturated heterocycles. The lowest BCUT2D eigenvalue weighted by Gasteiger charge is -2.03. The number of amides is 2. The van der Waals surface area contributed by atoms with Crippen LogP contribution < -0.4 is 11.2 Å². The van der Waals surface area contributed by atoms with Crippen molar-refractivity contribution in [1.29, 1.82) is 0 Å². The van der Waals surface area contributed by atoms with Crippen LogP contribution in [0.4, 0.5) is 4.79 Å². The minimum absolute atomic E-state index is 0.144. The van der Waals surface area contributed by atoms with Crippen LogP contribution in [0.5, 0.6) is 5.75 Å². The summed E-state index contributed by atoms with van der Waals surface area (Å²) in [4.78, 5) is 10.3. The van der Waals surface area contributed by atoms with Gasteiger partial charge in [-0.3, -0.25) is 0 Å². The third-order valence-electron chi connectivity index (χ3n) is 1.67. The summed E-state index contributed by atoms with van der Waals surface area (Å²) in [5.74, 6) is 0.144. The van der Waals surface area contributed by atoms with Crippen molar-refractivity contribution in [2.75, 3.05) is 0 Å². The summed E-state index contributed by atoms with van der Waals surface area (Å²) < 4.78 is 0.975. The highest BCUT2D eigenvalue weighted by Gasteiger charge is 2.03. The van der Waals surface area contributed by atoms with Gasteiger partial charge >= 0.3 is 6.03 Å². The Bertz CT molecular complexity index is 418. The number of hydrogen-bond acceptors (Lipinski definition) is 3. The number of hydrogen-bond donors (Lipinski definition) is 3. The molecule has 5 nitrogen and oxygen atoms in total. The molecule has 0 spiro atoms. The Balaban J connectivity index is 2.94. The van der Waals surface area contributed by atoms with Gasteiger partial charge in [-0.1, -0.05) is 0 Å². The molecule has 80 valence electrons. The summed E-state index contributed by atoms with van der Waals surface area (Å²) >= 11 is 2.13. The van der Waals surface area contributed by atoms with Crippen molar-refractivity contribution in [1.82, 2.24) is 5.43 Å². The standard InChI is InChI=1S/C9H10IN3O2/c1-5-2-7(10)3-6(8(5)14)4-12-13-9(11)15/h2-4,14H,1H3,(H3,11,13,15). The molecular formula is C9H10IN3O2. The molecule has 0 aliphatic carbocycles. The molecule has 0 radical (unpaired) electrons. The number of carbonyl (C=O) groups excluding carboxylic acids is 1. The number of halogens is 1. The number of aryl methyl sites for hydroxylation is 1. The number of rotatable bonds is 2. The molecular weight excluding hydrogens is 309 g/mol. The Kier molecular flexibility index (Phi) is 3.89. The number of phenols is 1. The van der Waals surface area contributed by atoms with Gasteiger partial charge in [0.1, 0.15) is 5.75 Å². The predicted molar refractivity (Wildman–Crippen MR) is 65.9 cm³/mol. The van der Waals surface area contributed by atoms with Gasteiger partial charge in [-0.25, -0.2) is 10.2 Å². The number of aromatic hydroxyl groups is 1. The highest BCUT2D eigenvalue weighted by molar-refractivity contribution is 14.1. The molecule has 0 heterocycles. The third-order valence-corrected chi connectivity index (χ3v) is 2.30. The van der Waals surface area contributed by atoms with E-state index < -0.39 is 6.03 Å². The lowest BCUT2D eigenvalue weighted by Crippen LogP contribution is -2.24. The van der Waals surface area contributed by atoms with E-state index in [1.165, 1.54) is 6.21 Å². The topological polar surface area (TPSA) is 87.7 Å². The molecule has 4 N–H and O–H groups in total. The van der Waals surface area contributed by atoms with Gasteiger partial charge in [0, 0.05) is 9.13 Å². The van der Waals surface area contributed by atoms with Crippen LogP contribution in [0.15, 0.2) is 17.2 Å².